The van der Waals surface area contributed by atoms with Gasteiger partial charge in [0.15, 0.2) is 0 Å². The number of carboxylic acid groups (broad SMARTS) is 1. The number of aliphatic carboxylic acids is 1. The maximum atomic E-state index is 11.3. The van der Waals surface area contributed by atoms with Gasteiger partial charge in [0.05, 0.1) is 0 Å². The first-order valence-electron chi connectivity index (χ1n) is 12.9. The largest absolute Gasteiger partial charge is 0.478 e. The lowest BCUT2D eigenvalue weighted by Crippen LogP contribution is -2.22. The van der Waals surface area contributed by atoms with Crippen molar-refractivity contribution in [2.75, 3.05) is 6.54 Å². The zero-order valence-electron chi connectivity index (χ0n) is 19.8. The Morgan fingerprint density at radius 3 is 1.23 bits per heavy atom. The highest BCUT2D eigenvalue weighted by Crippen LogP contribution is 2.14. The van der Waals surface area contributed by atoms with Crippen LogP contribution in [-0.2, 0) is 9.59 Å². The molecule has 1 amide bonds. The summed E-state index contributed by atoms with van der Waals surface area (Å²) in [5.74, 6) is -1.42. The Morgan fingerprint density at radius 1 is 0.567 bits per heavy atom. The van der Waals surface area contributed by atoms with Crippen molar-refractivity contribution in [3.63, 3.8) is 0 Å². The molecule has 0 aliphatic carbocycles. The molecule has 0 radical (unpaired) electrons. The van der Waals surface area contributed by atoms with Gasteiger partial charge in [-0.3, -0.25) is 4.79 Å². The average molecular weight is 424 g/mol. The number of nitrogens with one attached hydrogen (secondary N) is 1. The molecule has 0 aliphatic heterocycles. The number of hydrogen-bond acceptors (Lipinski definition) is 2. The van der Waals surface area contributed by atoms with E-state index in [0.29, 0.717) is 6.54 Å². The van der Waals surface area contributed by atoms with Crippen LogP contribution in [0.3, 0.4) is 0 Å². The van der Waals surface area contributed by atoms with Crippen molar-refractivity contribution >= 4 is 11.9 Å². The summed E-state index contributed by atoms with van der Waals surface area (Å²) < 4.78 is 0. The monoisotopic (exact) mass is 423 g/mol. The van der Waals surface area contributed by atoms with Gasteiger partial charge < -0.3 is 10.4 Å². The molecule has 0 aromatic carbocycles. The van der Waals surface area contributed by atoms with Crippen molar-refractivity contribution < 1.29 is 14.7 Å². The number of carboxylic acids is 1. The molecular weight excluding hydrogens is 374 g/mol. The normalized spacial score (nSPS) is 11.2. The van der Waals surface area contributed by atoms with Crippen molar-refractivity contribution in [1.82, 2.24) is 5.32 Å². The number of unbranched alkanes of at least 4 members (excludes halogenated alkanes) is 19. The fourth-order valence-corrected chi connectivity index (χ4v) is 3.80. The number of rotatable bonds is 23. The van der Waals surface area contributed by atoms with Crippen molar-refractivity contribution in [1.29, 1.82) is 0 Å². The smallest absolute Gasteiger partial charge is 0.328 e. The zero-order chi connectivity index (χ0) is 22.1. The van der Waals surface area contributed by atoms with E-state index in [1.807, 2.05) is 0 Å². The molecule has 0 aromatic heterocycles. The molecule has 0 fully saturated rings. The van der Waals surface area contributed by atoms with Gasteiger partial charge in [0.25, 0.3) is 0 Å². The summed E-state index contributed by atoms with van der Waals surface area (Å²) in [6, 6.07) is 0. The van der Waals surface area contributed by atoms with Crippen LogP contribution < -0.4 is 5.32 Å². The van der Waals surface area contributed by atoms with Crippen molar-refractivity contribution in [3.05, 3.63) is 12.2 Å². The minimum atomic E-state index is -1.09. The molecule has 176 valence electrons. The Balaban J connectivity index is 3.11. The number of amides is 1. The first kappa shape index (κ1) is 28.7. The molecule has 4 nitrogen and oxygen atoms in total. The fraction of sp³-hybridized carbons (Fsp3) is 0.846. The summed E-state index contributed by atoms with van der Waals surface area (Å²) in [6.45, 7) is 2.91. The van der Waals surface area contributed by atoms with E-state index in [4.69, 9.17) is 5.11 Å². The molecule has 0 heterocycles. The first-order valence-corrected chi connectivity index (χ1v) is 12.9. The minimum absolute atomic E-state index is 0.324. The minimum Gasteiger partial charge on any atom is -0.478 e. The first-order chi connectivity index (χ1) is 14.7. The van der Waals surface area contributed by atoms with Gasteiger partial charge in [-0.15, -0.1) is 0 Å². The Bertz CT molecular complexity index is 421. The molecule has 0 rings (SSSR count). The van der Waals surface area contributed by atoms with Crippen LogP contribution in [0.4, 0.5) is 0 Å². The van der Waals surface area contributed by atoms with Gasteiger partial charge in [-0.05, 0) is 6.42 Å². The third-order valence-corrected chi connectivity index (χ3v) is 5.71. The molecular formula is C26H49NO3. The Labute approximate surface area is 186 Å². The molecule has 30 heavy (non-hydrogen) atoms. The second kappa shape index (κ2) is 24.0. The third-order valence-electron chi connectivity index (χ3n) is 5.71. The molecule has 0 atom stereocenters. The molecule has 2 N–H and O–H groups in total. The fourth-order valence-electron chi connectivity index (χ4n) is 3.80. The van der Waals surface area contributed by atoms with Crippen LogP contribution in [0.2, 0.25) is 0 Å². The van der Waals surface area contributed by atoms with Crippen LogP contribution in [0.5, 0.6) is 0 Å². The quantitative estimate of drug-likeness (QED) is 0.132. The van der Waals surface area contributed by atoms with Crippen LogP contribution >= 0.6 is 0 Å². The van der Waals surface area contributed by atoms with Crippen LogP contribution in [0, 0.1) is 0 Å². The van der Waals surface area contributed by atoms with E-state index in [0.717, 1.165) is 25.0 Å². The van der Waals surface area contributed by atoms with Crippen LogP contribution in [0.15, 0.2) is 12.2 Å². The van der Waals surface area contributed by atoms with E-state index in [2.05, 4.69) is 12.2 Å². The van der Waals surface area contributed by atoms with Crippen molar-refractivity contribution in [2.24, 2.45) is 0 Å². The highest BCUT2D eigenvalue weighted by molar-refractivity contribution is 5.93. The summed E-state index contributed by atoms with van der Waals surface area (Å²) in [7, 11) is 0. The van der Waals surface area contributed by atoms with E-state index in [1.54, 1.807) is 0 Å². The van der Waals surface area contributed by atoms with Gasteiger partial charge >= 0.3 is 5.97 Å². The number of hydrogen-bond donors (Lipinski definition) is 2. The maximum Gasteiger partial charge on any atom is 0.328 e. The van der Waals surface area contributed by atoms with Crippen LogP contribution in [0.25, 0.3) is 0 Å². The maximum absolute atomic E-state index is 11.3. The van der Waals surface area contributed by atoms with Gasteiger partial charge in [-0.25, -0.2) is 4.79 Å². The van der Waals surface area contributed by atoms with Gasteiger partial charge in [0, 0.05) is 18.7 Å². The second-order valence-corrected chi connectivity index (χ2v) is 8.68. The van der Waals surface area contributed by atoms with E-state index >= 15 is 0 Å². The lowest BCUT2D eigenvalue weighted by molar-refractivity contribution is -0.131. The van der Waals surface area contributed by atoms with E-state index in [9.17, 15) is 9.59 Å². The Hall–Kier alpha value is -1.32. The highest BCUT2D eigenvalue weighted by Gasteiger charge is 1.97. The van der Waals surface area contributed by atoms with E-state index in [1.165, 1.54) is 116 Å². The molecule has 0 unspecified atom stereocenters. The highest BCUT2D eigenvalue weighted by atomic mass is 16.4. The lowest BCUT2D eigenvalue weighted by atomic mass is 10.0. The molecule has 0 bridgehead atoms. The summed E-state index contributed by atoms with van der Waals surface area (Å²) in [6.07, 6.45) is 29.1. The summed E-state index contributed by atoms with van der Waals surface area (Å²) in [5, 5.41) is 11.1. The van der Waals surface area contributed by atoms with Gasteiger partial charge in [-0.2, -0.15) is 0 Å². The number of carbonyl (C=O) groups excluding carboxylic acids is 1. The van der Waals surface area contributed by atoms with Gasteiger partial charge in [0.2, 0.25) is 5.91 Å². The molecule has 0 aromatic rings. The Morgan fingerprint density at radius 2 is 0.900 bits per heavy atom. The van der Waals surface area contributed by atoms with Crippen molar-refractivity contribution in [3.8, 4) is 0 Å². The SMILES string of the molecule is CCCCCCCCCCCCCCCCCCCCCCNC(=O)/C=C\C(=O)O. The lowest BCUT2D eigenvalue weighted by Gasteiger charge is -2.04. The average Bonchev–Trinajstić information content (AvgIpc) is 2.73. The summed E-state index contributed by atoms with van der Waals surface area (Å²) in [5.41, 5.74) is 0. The standard InChI is InChI=1S/C26H49NO3/c1-2-3-4-5-6-7-8-9-10-11-12-13-14-15-16-17-18-19-20-21-24-27-25(28)22-23-26(29)30/h22-23H,2-21,24H2,1H3,(H,27,28)(H,29,30)/b23-22-. The molecule has 0 spiro atoms. The van der Waals surface area contributed by atoms with Crippen LogP contribution in [-0.4, -0.2) is 23.5 Å². The van der Waals surface area contributed by atoms with E-state index < -0.39 is 5.97 Å². The number of carbonyl (C=O) groups is 2. The van der Waals surface area contributed by atoms with Crippen LogP contribution in [0.1, 0.15) is 135 Å². The summed E-state index contributed by atoms with van der Waals surface area (Å²) in [4.78, 5) is 21.6. The molecule has 0 saturated heterocycles. The van der Waals surface area contributed by atoms with Crippen molar-refractivity contribution in [2.45, 2.75) is 135 Å². The zero-order valence-corrected chi connectivity index (χ0v) is 19.8. The molecule has 0 saturated carbocycles. The topological polar surface area (TPSA) is 66.4 Å². The van der Waals surface area contributed by atoms with E-state index in [-0.39, 0.29) is 5.91 Å². The van der Waals surface area contributed by atoms with Gasteiger partial charge in [-0.1, -0.05) is 129 Å². The summed E-state index contributed by atoms with van der Waals surface area (Å²) >= 11 is 0. The molecule has 0 aliphatic rings. The van der Waals surface area contributed by atoms with Gasteiger partial charge in [0.1, 0.15) is 0 Å². The third kappa shape index (κ3) is 24.7. The Kier molecular flexibility index (Phi) is 22.9. The predicted octanol–water partition coefficient (Wildman–Crippen LogP) is 7.57. The second-order valence-electron chi connectivity index (χ2n) is 8.68. The predicted molar refractivity (Wildman–Crippen MR) is 128 cm³/mol. The molecule has 4 heteroatoms.